The standard InChI is InChI=1S/C16H13N4O7S/c1-7(21)25-11-4-3-9(5-12(11)26-8(2)22)15(24)27-20-13(14(17)23)10-6-28-16(18)19-10/h3-6,17H,1-2H3,(H2,18,19)/b20-13+. The molecule has 0 unspecified atom stereocenters. The second-order valence-corrected chi connectivity index (χ2v) is 5.96. The van der Waals surface area contributed by atoms with Crippen molar-refractivity contribution < 1.29 is 33.5 Å². The van der Waals surface area contributed by atoms with Crippen LogP contribution in [0.15, 0.2) is 28.7 Å². The van der Waals surface area contributed by atoms with Crippen molar-refractivity contribution in [3.8, 4) is 11.5 Å². The molecule has 11 nitrogen and oxygen atoms in total. The number of amides is 1. The Morgan fingerprint density at radius 2 is 1.75 bits per heavy atom. The Balaban J connectivity index is 2.28. The van der Waals surface area contributed by atoms with Gasteiger partial charge in [0.05, 0.1) is 5.56 Å². The number of thiazole rings is 1. The highest BCUT2D eigenvalue weighted by atomic mass is 32.1. The smallest absolute Gasteiger partial charge is 0.365 e. The number of aromatic nitrogens is 1. The summed E-state index contributed by atoms with van der Waals surface area (Å²) in [4.78, 5) is 54.4. The first kappa shape index (κ1) is 20.5. The molecule has 1 aromatic carbocycles. The van der Waals surface area contributed by atoms with Crippen molar-refractivity contribution >= 4 is 46.0 Å². The van der Waals surface area contributed by atoms with Gasteiger partial charge in [-0.05, 0) is 18.2 Å². The molecule has 0 saturated heterocycles. The summed E-state index contributed by atoms with van der Waals surface area (Å²) in [6, 6.07) is 3.55. The fraction of sp³-hybridized carbons (Fsp3) is 0.125. The number of benzene rings is 1. The van der Waals surface area contributed by atoms with Gasteiger partial charge in [0.25, 0.3) is 5.91 Å². The van der Waals surface area contributed by atoms with Gasteiger partial charge in [0.2, 0.25) is 0 Å². The molecule has 28 heavy (non-hydrogen) atoms. The predicted molar refractivity (Wildman–Crippen MR) is 95.6 cm³/mol. The lowest BCUT2D eigenvalue weighted by Crippen LogP contribution is -2.18. The van der Waals surface area contributed by atoms with E-state index in [9.17, 15) is 19.2 Å². The Bertz CT molecular complexity index is 983. The van der Waals surface area contributed by atoms with Gasteiger partial charge in [-0.2, -0.15) is 0 Å². The highest BCUT2D eigenvalue weighted by Gasteiger charge is 2.19. The Morgan fingerprint density at radius 3 is 2.29 bits per heavy atom. The van der Waals surface area contributed by atoms with Crippen molar-refractivity contribution in [3.63, 3.8) is 0 Å². The van der Waals surface area contributed by atoms with Crippen molar-refractivity contribution in [2.45, 2.75) is 13.8 Å². The number of carbonyl (C=O) groups excluding carboxylic acids is 4. The summed E-state index contributed by atoms with van der Waals surface area (Å²) >= 11 is 1.01. The second kappa shape index (κ2) is 8.73. The molecular weight excluding hydrogens is 392 g/mol. The van der Waals surface area contributed by atoms with Gasteiger partial charge in [0.1, 0.15) is 5.69 Å². The quantitative estimate of drug-likeness (QED) is 0.241. The first-order valence-electron chi connectivity index (χ1n) is 7.45. The van der Waals surface area contributed by atoms with Crippen molar-refractivity contribution in [2.24, 2.45) is 5.16 Å². The molecule has 0 aliphatic heterocycles. The number of hydrogen-bond acceptors (Lipinski definition) is 11. The highest BCUT2D eigenvalue weighted by molar-refractivity contribution is 7.13. The first-order chi connectivity index (χ1) is 13.2. The van der Waals surface area contributed by atoms with Crippen LogP contribution >= 0.6 is 11.3 Å². The lowest BCUT2D eigenvalue weighted by molar-refractivity contribution is -0.134. The summed E-state index contributed by atoms with van der Waals surface area (Å²) in [5, 5.41) is 4.89. The van der Waals surface area contributed by atoms with Crippen LogP contribution in [0.4, 0.5) is 5.13 Å². The number of anilines is 1. The van der Waals surface area contributed by atoms with Crippen LogP contribution < -0.4 is 20.9 Å². The third kappa shape index (κ3) is 5.35. The van der Waals surface area contributed by atoms with Gasteiger partial charge in [0.15, 0.2) is 22.3 Å². The van der Waals surface area contributed by atoms with Gasteiger partial charge >= 0.3 is 17.9 Å². The number of nitrogens with zero attached hydrogens (tertiary/aromatic N) is 2. The van der Waals surface area contributed by atoms with Crippen LogP contribution in [0.2, 0.25) is 0 Å². The number of oxime groups is 1. The molecule has 0 aliphatic carbocycles. The molecule has 0 atom stereocenters. The van der Waals surface area contributed by atoms with Crippen LogP contribution in [-0.4, -0.2) is 34.5 Å². The Kier molecular flexibility index (Phi) is 6.39. The summed E-state index contributed by atoms with van der Waals surface area (Å²) in [6.07, 6.45) is 0. The lowest BCUT2D eigenvalue weighted by Gasteiger charge is -2.09. The summed E-state index contributed by atoms with van der Waals surface area (Å²) < 4.78 is 9.79. The molecule has 0 spiro atoms. The van der Waals surface area contributed by atoms with E-state index >= 15 is 0 Å². The fourth-order valence-corrected chi connectivity index (χ4v) is 2.40. The van der Waals surface area contributed by atoms with Crippen LogP contribution in [0.5, 0.6) is 11.5 Å². The minimum absolute atomic E-state index is 0.0129. The van der Waals surface area contributed by atoms with Gasteiger partial charge in [-0.1, -0.05) is 5.16 Å². The summed E-state index contributed by atoms with van der Waals surface area (Å²) in [5.74, 6) is -3.89. The zero-order chi connectivity index (χ0) is 20.8. The van der Waals surface area contributed by atoms with Gasteiger partial charge in [-0.15, -0.1) is 11.3 Å². The molecular formula is C16H13N4O7S. The molecule has 1 radical (unpaired) electrons. The first-order valence-corrected chi connectivity index (χ1v) is 8.33. The van der Waals surface area contributed by atoms with Crippen LogP contribution in [-0.2, 0) is 19.2 Å². The number of hydrogen-bond donors (Lipinski definition) is 1. The number of ether oxygens (including phenoxy) is 2. The van der Waals surface area contributed by atoms with E-state index in [0.29, 0.717) is 0 Å². The number of carbonyl (C=O) groups is 4. The third-order valence-electron chi connectivity index (χ3n) is 2.89. The SMILES string of the molecule is CC(=O)Oc1ccc(C(=O)O/N=C(/C([NH])=O)c2csc(N)n2)cc1OC(C)=O. The number of nitrogens with one attached hydrogen (secondary N) is 1. The van der Waals surface area contributed by atoms with E-state index in [1.807, 2.05) is 0 Å². The maximum Gasteiger partial charge on any atom is 0.365 e. The van der Waals surface area contributed by atoms with E-state index in [2.05, 4.69) is 15.0 Å². The molecule has 2 aromatic rings. The van der Waals surface area contributed by atoms with E-state index in [4.69, 9.17) is 20.9 Å². The molecule has 1 aromatic heterocycles. The van der Waals surface area contributed by atoms with Crippen molar-refractivity contribution in [3.05, 3.63) is 34.8 Å². The molecule has 0 aliphatic rings. The number of nitrogens with two attached hydrogens (primary N) is 1. The highest BCUT2D eigenvalue weighted by Crippen LogP contribution is 2.29. The maximum atomic E-state index is 12.2. The minimum Gasteiger partial charge on any atom is -0.423 e. The van der Waals surface area contributed by atoms with Gasteiger partial charge in [-0.25, -0.2) is 9.78 Å². The Labute approximate surface area is 161 Å². The van der Waals surface area contributed by atoms with E-state index in [1.165, 1.54) is 17.5 Å². The van der Waals surface area contributed by atoms with Crippen LogP contribution in [0.1, 0.15) is 29.9 Å². The second-order valence-electron chi connectivity index (χ2n) is 5.07. The topological polar surface area (TPSA) is 171 Å². The molecule has 145 valence electrons. The van der Waals surface area contributed by atoms with Crippen molar-refractivity contribution in [1.82, 2.24) is 10.7 Å². The van der Waals surface area contributed by atoms with Crippen molar-refractivity contribution in [2.75, 3.05) is 5.73 Å². The van der Waals surface area contributed by atoms with E-state index in [-0.39, 0.29) is 27.9 Å². The minimum atomic E-state index is -1.23. The van der Waals surface area contributed by atoms with Crippen LogP contribution in [0.25, 0.3) is 0 Å². The fourth-order valence-electron chi connectivity index (χ4n) is 1.85. The molecule has 2 rings (SSSR count). The number of nitrogen functional groups attached to an aromatic ring is 1. The largest absolute Gasteiger partial charge is 0.423 e. The monoisotopic (exact) mass is 405 g/mol. The van der Waals surface area contributed by atoms with Crippen LogP contribution in [0, 0.1) is 0 Å². The molecule has 1 heterocycles. The summed E-state index contributed by atoms with van der Waals surface area (Å²) in [6.45, 7) is 2.28. The van der Waals surface area contributed by atoms with E-state index in [1.54, 1.807) is 0 Å². The number of rotatable bonds is 6. The average Bonchev–Trinajstić information content (AvgIpc) is 3.01. The average molecular weight is 405 g/mol. The third-order valence-corrected chi connectivity index (χ3v) is 3.56. The summed E-state index contributed by atoms with van der Waals surface area (Å²) in [7, 11) is 0. The molecule has 3 N–H and O–H groups in total. The van der Waals surface area contributed by atoms with Crippen LogP contribution in [0.3, 0.4) is 0 Å². The molecule has 1 amide bonds. The molecule has 0 saturated carbocycles. The summed E-state index contributed by atoms with van der Waals surface area (Å²) in [5.41, 5.74) is 12.0. The van der Waals surface area contributed by atoms with Gasteiger partial charge in [0, 0.05) is 19.2 Å². The normalized spacial score (nSPS) is 10.9. The predicted octanol–water partition coefficient (Wildman–Crippen LogP) is 0.947. The zero-order valence-corrected chi connectivity index (χ0v) is 15.4. The van der Waals surface area contributed by atoms with E-state index in [0.717, 1.165) is 31.3 Å². The van der Waals surface area contributed by atoms with E-state index < -0.39 is 29.5 Å². The van der Waals surface area contributed by atoms with Crippen molar-refractivity contribution in [1.29, 1.82) is 0 Å². The lowest BCUT2D eigenvalue weighted by atomic mass is 10.2. The van der Waals surface area contributed by atoms with Gasteiger partial charge < -0.3 is 20.0 Å². The maximum absolute atomic E-state index is 12.2. The molecule has 12 heteroatoms. The Morgan fingerprint density at radius 1 is 1.11 bits per heavy atom. The molecule has 0 fully saturated rings. The number of esters is 2. The zero-order valence-electron chi connectivity index (χ0n) is 14.5. The molecule has 0 bridgehead atoms. The Hall–Kier alpha value is -3.80. The van der Waals surface area contributed by atoms with Gasteiger partial charge in [-0.3, -0.25) is 20.1 Å².